The lowest BCUT2D eigenvalue weighted by Crippen LogP contribution is -2.48. The highest BCUT2D eigenvalue weighted by Gasteiger charge is 2.35. The maximum absolute atomic E-state index is 12.6. The third kappa shape index (κ3) is 4.05. The second-order valence-corrected chi connectivity index (χ2v) is 8.49. The van der Waals surface area contributed by atoms with E-state index in [0.717, 1.165) is 87.2 Å². The second kappa shape index (κ2) is 8.46. The van der Waals surface area contributed by atoms with Gasteiger partial charge in [0.25, 0.3) is 0 Å². The molecule has 3 aliphatic heterocycles. The molecular weight excluding hydrogens is 358 g/mol. The molecule has 0 radical (unpaired) electrons. The summed E-state index contributed by atoms with van der Waals surface area (Å²) >= 11 is -1.09. The van der Waals surface area contributed by atoms with Gasteiger partial charge in [-0.15, -0.1) is 0 Å². The molecule has 3 heterocycles. The largest absolute Gasteiger partial charge is 0.588 e. The zero-order valence-corrected chi connectivity index (χ0v) is 16.5. The molecule has 1 saturated heterocycles. The molecule has 0 amide bonds. The Bertz CT molecular complexity index is 742. The van der Waals surface area contributed by atoms with E-state index < -0.39 is 11.4 Å². The van der Waals surface area contributed by atoms with Crippen LogP contribution in [0.1, 0.15) is 24.8 Å². The van der Waals surface area contributed by atoms with Gasteiger partial charge in [-0.2, -0.15) is 4.31 Å². The Morgan fingerprint density at radius 1 is 1.07 bits per heavy atom. The van der Waals surface area contributed by atoms with E-state index in [1.54, 1.807) is 0 Å². The second-order valence-electron chi connectivity index (χ2n) is 7.11. The summed E-state index contributed by atoms with van der Waals surface area (Å²) in [5, 5.41) is 0. The minimum atomic E-state index is -1.09. The molecule has 7 heteroatoms. The van der Waals surface area contributed by atoms with Gasteiger partial charge in [-0.25, -0.2) is 4.99 Å². The van der Waals surface area contributed by atoms with E-state index >= 15 is 0 Å². The number of fused-ring (bicyclic) bond motifs is 1. The first-order valence-electron chi connectivity index (χ1n) is 9.76. The van der Waals surface area contributed by atoms with Crippen molar-refractivity contribution >= 4 is 29.2 Å². The number of piperazine rings is 1. The highest BCUT2D eigenvalue weighted by Crippen LogP contribution is 2.37. The predicted octanol–water partition coefficient (Wildman–Crippen LogP) is 2.22. The summed E-state index contributed by atoms with van der Waals surface area (Å²) in [5.41, 5.74) is 1.92. The Morgan fingerprint density at radius 3 is 2.59 bits per heavy atom. The Morgan fingerprint density at radius 2 is 1.85 bits per heavy atom. The third-order valence-electron chi connectivity index (χ3n) is 5.35. The summed E-state index contributed by atoms with van der Waals surface area (Å²) < 4.78 is 14.6. The molecule has 4 rings (SSSR count). The minimum Gasteiger partial charge on any atom is -0.588 e. The molecule has 1 unspecified atom stereocenters. The monoisotopic (exact) mass is 385 g/mol. The van der Waals surface area contributed by atoms with Crippen LogP contribution in [0.5, 0.6) is 0 Å². The number of aliphatic imine (C=N–C) groups is 2. The van der Waals surface area contributed by atoms with Crippen molar-refractivity contribution in [3.05, 3.63) is 36.4 Å². The van der Waals surface area contributed by atoms with Crippen LogP contribution in [0.3, 0.4) is 0 Å². The fraction of sp³-hybridized carbons (Fsp3) is 0.500. The fourth-order valence-electron chi connectivity index (χ4n) is 3.78. The Labute approximate surface area is 164 Å². The quantitative estimate of drug-likeness (QED) is 0.576. The van der Waals surface area contributed by atoms with Gasteiger partial charge in [0, 0.05) is 45.4 Å². The molecule has 1 fully saturated rings. The molecule has 0 bridgehead atoms. The van der Waals surface area contributed by atoms with Crippen LogP contribution in [-0.4, -0.2) is 76.6 Å². The van der Waals surface area contributed by atoms with E-state index in [-0.39, 0.29) is 0 Å². The topological polar surface area (TPSA) is 57.5 Å². The normalized spacial score (nSPS) is 22.9. The number of hydrogen-bond acceptors (Lipinski definition) is 6. The van der Waals surface area contributed by atoms with Crippen LogP contribution in [0, 0.1) is 0 Å². The number of rotatable bonds is 5. The Balaban J connectivity index is 1.18. The first-order valence-corrected chi connectivity index (χ1v) is 10.9. The summed E-state index contributed by atoms with van der Waals surface area (Å²) in [6.07, 6.45) is 5.07. The molecular formula is C20H27N5OS. The molecule has 0 aliphatic carbocycles. The molecule has 144 valence electrons. The maximum atomic E-state index is 12.6. The molecule has 0 saturated carbocycles. The lowest BCUT2D eigenvalue weighted by Gasteiger charge is -2.35. The first kappa shape index (κ1) is 18.5. The molecule has 0 N–H and O–H groups in total. The van der Waals surface area contributed by atoms with E-state index in [2.05, 4.69) is 26.4 Å². The zero-order valence-electron chi connectivity index (χ0n) is 15.7. The van der Waals surface area contributed by atoms with Crippen molar-refractivity contribution < 1.29 is 4.55 Å². The van der Waals surface area contributed by atoms with Crippen molar-refractivity contribution in [3.8, 4) is 0 Å². The smallest absolute Gasteiger partial charge is 0.220 e. The van der Waals surface area contributed by atoms with Crippen molar-refractivity contribution in [2.75, 3.05) is 45.8 Å². The van der Waals surface area contributed by atoms with Gasteiger partial charge in [-0.05, 0) is 31.5 Å². The Hall–Kier alpha value is -1.83. The van der Waals surface area contributed by atoms with Crippen LogP contribution in [0.2, 0.25) is 0 Å². The lowest BCUT2D eigenvalue weighted by atomic mass is 10.1. The van der Waals surface area contributed by atoms with Crippen molar-refractivity contribution in [1.29, 1.82) is 0 Å². The van der Waals surface area contributed by atoms with Crippen LogP contribution < -0.4 is 0 Å². The third-order valence-corrected chi connectivity index (χ3v) is 6.88. The van der Waals surface area contributed by atoms with E-state index in [1.807, 2.05) is 34.8 Å². The van der Waals surface area contributed by atoms with E-state index in [9.17, 15) is 4.55 Å². The number of hydrogen-bond donors (Lipinski definition) is 0. The van der Waals surface area contributed by atoms with Crippen molar-refractivity contribution in [1.82, 2.24) is 14.1 Å². The number of nitrogens with zero attached hydrogens (tertiary/aromatic N) is 5. The molecule has 1 atom stereocenters. The minimum absolute atomic E-state index is 0.797. The van der Waals surface area contributed by atoms with Crippen LogP contribution >= 0.6 is 0 Å². The highest BCUT2D eigenvalue weighted by molar-refractivity contribution is 7.90. The average Bonchev–Trinajstić information content (AvgIpc) is 2.97. The van der Waals surface area contributed by atoms with E-state index in [0.29, 0.717) is 0 Å². The first-order chi connectivity index (χ1) is 13.2. The van der Waals surface area contributed by atoms with Gasteiger partial charge in [0.15, 0.2) is 4.90 Å². The number of benzene rings is 1. The lowest BCUT2D eigenvalue weighted by molar-refractivity contribution is 0.178. The molecule has 3 aliphatic rings. The summed E-state index contributed by atoms with van der Waals surface area (Å²) in [7, 11) is 0. The van der Waals surface area contributed by atoms with Crippen LogP contribution in [-0.2, 0) is 11.4 Å². The molecule has 1 aromatic rings. The van der Waals surface area contributed by atoms with Crippen molar-refractivity contribution in [2.24, 2.45) is 9.98 Å². The number of guanidine groups is 1. The van der Waals surface area contributed by atoms with Crippen molar-refractivity contribution in [3.63, 3.8) is 0 Å². The van der Waals surface area contributed by atoms with E-state index in [4.69, 9.17) is 0 Å². The molecule has 0 spiro atoms. The highest BCUT2D eigenvalue weighted by atomic mass is 32.2. The SMILES string of the molecule is C=C1c2ccccc2[S+]([O-])N1CCCCN1CCN(C2=NCCC=N2)CC1. The van der Waals surface area contributed by atoms with Crippen LogP contribution in [0.25, 0.3) is 5.70 Å². The van der Waals surface area contributed by atoms with Gasteiger partial charge in [-0.1, -0.05) is 18.7 Å². The van der Waals surface area contributed by atoms with Gasteiger partial charge >= 0.3 is 0 Å². The Kier molecular flexibility index (Phi) is 5.80. The maximum Gasteiger partial charge on any atom is 0.220 e. The summed E-state index contributed by atoms with van der Waals surface area (Å²) in [5.74, 6) is 0.912. The fourth-order valence-corrected chi connectivity index (χ4v) is 5.18. The molecule has 6 nitrogen and oxygen atoms in total. The summed E-state index contributed by atoms with van der Waals surface area (Å²) in [6, 6.07) is 7.87. The van der Waals surface area contributed by atoms with Gasteiger partial charge in [0.1, 0.15) is 11.4 Å². The van der Waals surface area contributed by atoms with Crippen molar-refractivity contribution in [2.45, 2.75) is 24.2 Å². The molecule has 27 heavy (non-hydrogen) atoms. The van der Waals surface area contributed by atoms with Gasteiger partial charge in [0.05, 0.1) is 17.8 Å². The summed E-state index contributed by atoms with van der Waals surface area (Å²) in [6.45, 7) is 11.0. The standard InChI is InChI=1S/C20H27N5OS/c1-17-18-7-2-3-8-19(18)27(26)25(17)12-5-4-11-23-13-15-24(16-14-23)20-21-9-6-10-22-20/h2-3,7-9H,1,4-6,10-16H2. The molecule has 0 aromatic heterocycles. The van der Waals surface area contributed by atoms with Gasteiger partial charge in [0.2, 0.25) is 5.96 Å². The number of unbranched alkanes of at least 4 members (excludes halogenated alkanes) is 1. The van der Waals surface area contributed by atoms with Crippen LogP contribution in [0.15, 0.2) is 45.7 Å². The zero-order chi connectivity index (χ0) is 18.6. The van der Waals surface area contributed by atoms with Gasteiger partial charge < -0.3 is 9.45 Å². The van der Waals surface area contributed by atoms with Gasteiger partial charge in [-0.3, -0.25) is 9.89 Å². The molecule has 1 aromatic carbocycles. The van der Waals surface area contributed by atoms with Crippen LogP contribution in [0.4, 0.5) is 0 Å². The average molecular weight is 386 g/mol. The summed E-state index contributed by atoms with van der Waals surface area (Å²) in [4.78, 5) is 14.6. The predicted molar refractivity (Wildman–Crippen MR) is 111 cm³/mol. The van der Waals surface area contributed by atoms with E-state index in [1.165, 1.54) is 0 Å².